The van der Waals surface area contributed by atoms with Crippen LogP contribution in [0.3, 0.4) is 0 Å². The highest BCUT2D eigenvalue weighted by atomic mass is 16.6. The van der Waals surface area contributed by atoms with Crippen molar-refractivity contribution in [3.63, 3.8) is 0 Å². The molecule has 1 fully saturated rings. The zero-order valence-corrected chi connectivity index (χ0v) is 11.6. The van der Waals surface area contributed by atoms with E-state index < -0.39 is 16.7 Å². The number of amides is 3. The maximum atomic E-state index is 12.2. The lowest BCUT2D eigenvalue weighted by molar-refractivity contribution is -0.385. The van der Waals surface area contributed by atoms with Crippen LogP contribution < -0.4 is 5.32 Å². The number of benzene rings is 1. The van der Waals surface area contributed by atoms with Gasteiger partial charge in [-0.05, 0) is 18.9 Å². The number of carbonyl (C=O) groups is 3. The maximum absolute atomic E-state index is 12.2. The Bertz CT molecular complexity index is 696. The Morgan fingerprint density at radius 3 is 2.68 bits per heavy atom. The number of hydrogen-bond acceptors (Lipinski definition) is 5. The first-order chi connectivity index (χ1) is 10.5. The molecule has 0 radical (unpaired) electrons. The monoisotopic (exact) mass is 303 g/mol. The third-order valence-corrected chi connectivity index (χ3v) is 3.68. The fourth-order valence-electron chi connectivity index (χ4n) is 2.41. The first-order valence-electron chi connectivity index (χ1n) is 6.92. The van der Waals surface area contributed by atoms with Gasteiger partial charge in [0.15, 0.2) is 0 Å². The van der Waals surface area contributed by atoms with Crippen molar-refractivity contribution in [2.45, 2.75) is 25.3 Å². The highest BCUT2D eigenvalue weighted by Crippen LogP contribution is 2.30. The third kappa shape index (κ3) is 2.43. The highest BCUT2D eigenvalue weighted by molar-refractivity contribution is 6.23. The number of nitrogens with zero attached hydrogens (tertiary/aromatic N) is 2. The first kappa shape index (κ1) is 14.2. The van der Waals surface area contributed by atoms with Crippen LogP contribution in [0.2, 0.25) is 0 Å². The van der Waals surface area contributed by atoms with E-state index in [9.17, 15) is 24.5 Å². The highest BCUT2D eigenvalue weighted by Gasteiger charge is 2.40. The molecule has 0 atom stereocenters. The SMILES string of the molecule is O=C(CCN1C(=O)c2cccc([N+](=O)[O-])c2C1=O)NC1CC1. The molecule has 22 heavy (non-hydrogen) atoms. The van der Waals surface area contributed by atoms with Crippen LogP contribution in [-0.2, 0) is 4.79 Å². The fourth-order valence-corrected chi connectivity index (χ4v) is 2.41. The van der Waals surface area contributed by atoms with Crippen molar-refractivity contribution in [1.29, 1.82) is 0 Å². The predicted octanol–water partition coefficient (Wildman–Crippen LogP) is 0.859. The van der Waals surface area contributed by atoms with E-state index in [0.717, 1.165) is 17.7 Å². The van der Waals surface area contributed by atoms with Crippen LogP contribution in [-0.4, -0.2) is 40.1 Å². The molecule has 1 aliphatic heterocycles. The second-order valence-corrected chi connectivity index (χ2v) is 5.31. The average molecular weight is 303 g/mol. The van der Waals surface area contributed by atoms with Gasteiger partial charge in [-0.25, -0.2) is 0 Å². The van der Waals surface area contributed by atoms with Crippen LogP contribution in [0.4, 0.5) is 5.69 Å². The van der Waals surface area contributed by atoms with Gasteiger partial charge in [0.25, 0.3) is 17.5 Å². The van der Waals surface area contributed by atoms with E-state index in [1.165, 1.54) is 18.2 Å². The minimum absolute atomic E-state index is 0.00420. The Kier molecular flexibility index (Phi) is 3.36. The van der Waals surface area contributed by atoms with Gasteiger partial charge in [-0.15, -0.1) is 0 Å². The quantitative estimate of drug-likeness (QED) is 0.493. The number of nitro benzene ring substituents is 1. The summed E-state index contributed by atoms with van der Waals surface area (Å²) in [6, 6.07) is 4.14. The lowest BCUT2D eigenvalue weighted by Gasteiger charge is -2.13. The molecule has 1 aromatic carbocycles. The summed E-state index contributed by atoms with van der Waals surface area (Å²) in [5.74, 6) is -1.54. The van der Waals surface area contributed by atoms with Crippen LogP contribution in [0, 0.1) is 10.1 Å². The van der Waals surface area contributed by atoms with E-state index in [4.69, 9.17) is 0 Å². The molecule has 8 nitrogen and oxygen atoms in total. The molecule has 1 N–H and O–H groups in total. The number of imide groups is 1. The van der Waals surface area contributed by atoms with Crippen molar-refractivity contribution in [1.82, 2.24) is 10.2 Å². The van der Waals surface area contributed by atoms with Gasteiger partial charge in [-0.3, -0.25) is 29.4 Å². The van der Waals surface area contributed by atoms with Crippen LogP contribution in [0.5, 0.6) is 0 Å². The zero-order chi connectivity index (χ0) is 15.9. The summed E-state index contributed by atoms with van der Waals surface area (Å²) in [6.45, 7) is -0.0813. The van der Waals surface area contributed by atoms with E-state index in [0.29, 0.717) is 0 Å². The summed E-state index contributed by atoms with van der Waals surface area (Å²) >= 11 is 0. The van der Waals surface area contributed by atoms with Crippen molar-refractivity contribution in [2.75, 3.05) is 6.54 Å². The van der Waals surface area contributed by atoms with E-state index in [-0.39, 0.29) is 41.7 Å². The van der Waals surface area contributed by atoms with E-state index >= 15 is 0 Å². The summed E-state index contributed by atoms with van der Waals surface area (Å²) in [5, 5.41) is 13.7. The second-order valence-electron chi connectivity index (χ2n) is 5.31. The van der Waals surface area contributed by atoms with Gasteiger partial charge in [-0.2, -0.15) is 0 Å². The van der Waals surface area contributed by atoms with Crippen molar-refractivity contribution in [2.24, 2.45) is 0 Å². The van der Waals surface area contributed by atoms with Crippen molar-refractivity contribution >= 4 is 23.4 Å². The minimum atomic E-state index is -0.716. The largest absolute Gasteiger partial charge is 0.353 e. The van der Waals surface area contributed by atoms with Gasteiger partial charge in [0, 0.05) is 25.1 Å². The molecule has 0 bridgehead atoms. The lowest BCUT2D eigenvalue weighted by Crippen LogP contribution is -2.35. The van der Waals surface area contributed by atoms with Gasteiger partial charge < -0.3 is 5.32 Å². The van der Waals surface area contributed by atoms with E-state index in [1.807, 2.05) is 0 Å². The molecule has 1 heterocycles. The lowest BCUT2D eigenvalue weighted by atomic mass is 10.1. The van der Waals surface area contributed by atoms with Gasteiger partial charge in [0.1, 0.15) is 5.56 Å². The summed E-state index contributed by atoms with van der Waals surface area (Å²) in [7, 11) is 0. The fraction of sp³-hybridized carbons (Fsp3) is 0.357. The van der Waals surface area contributed by atoms with Crippen LogP contribution in [0.25, 0.3) is 0 Å². The Morgan fingerprint density at radius 1 is 1.32 bits per heavy atom. The van der Waals surface area contributed by atoms with Crippen LogP contribution in [0.15, 0.2) is 18.2 Å². The molecule has 2 aliphatic rings. The Balaban J connectivity index is 1.76. The predicted molar refractivity (Wildman–Crippen MR) is 74.2 cm³/mol. The summed E-state index contributed by atoms with van der Waals surface area (Å²) < 4.78 is 0. The molecule has 1 aliphatic carbocycles. The molecule has 0 spiro atoms. The van der Waals surface area contributed by atoms with Crippen LogP contribution in [0.1, 0.15) is 40.0 Å². The Morgan fingerprint density at radius 2 is 2.05 bits per heavy atom. The minimum Gasteiger partial charge on any atom is -0.353 e. The smallest absolute Gasteiger partial charge is 0.282 e. The molecule has 1 aromatic rings. The van der Waals surface area contributed by atoms with Crippen molar-refractivity contribution in [3.05, 3.63) is 39.4 Å². The molecule has 3 rings (SSSR count). The molecule has 114 valence electrons. The normalized spacial score (nSPS) is 16.6. The molecule has 3 amide bonds. The Labute approximate surface area is 125 Å². The van der Waals surface area contributed by atoms with Gasteiger partial charge >= 0.3 is 0 Å². The Hall–Kier alpha value is -2.77. The molecule has 0 aromatic heterocycles. The number of carbonyl (C=O) groups excluding carboxylic acids is 3. The standard InChI is InChI=1S/C14H13N3O5/c18-11(15-8-4-5-8)6-7-16-13(19)9-2-1-3-10(17(21)22)12(9)14(16)20/h1-3,8H,4-7H2,(H,15,18). The zero-order valence-electron chi connectivity index (χ0n) is 11.6. The second kappa shape index (κ2) is 5.21. The molecule has 0 unspecified atom stereocenters. The van der Waals surface area contributed by atoms with E-state index in [2.05, 4.69) is 5.32 Å². The topological polar surface area (TPSA) is 110 Å². The molecular formula is C14H13N3O5. The third-order valence-electron chi connectivity index (χ3n) is 3.68. The molecule has 8 heteroatoms. The molecule has 1 saturated carbocycles. The number of hydrogen-bond donors (Lipinski definition) is 1. The van der Waals surface area contributed by atoms with Crippen LogP contribution >= 0.6 is 0 Å². The summed E-state index contributed by atoms with van der Waals surface area (Å²) in [5.41, 5.74) is -0.567. The number of fused-ring (bicyclic) bond motifs is 1. The summed E-state index contributed by atoms with van der Waals surface area (Å²) in [4.78, 5) is 47.3. The van der Waals surface area contributed by atoms with Gasteiger partial charge in [0.2, 0.25) is 5.91 Å². The molecule has 0 saturated heterocycles. The summed E-state index contributed by atoms with van der Waals surface area (Å²) in [6.07, 6.45) is 1.89. The first-order valence-corrected chi connectivity index (χ1v) is 6.92. The maximum Gasteiger partial charge on any atom is 0.282 e. The number of nitrogens with one attached hydrogen (secondary N) is 1. The van der Waals surface area contributed by atoms with Gasteiger partial charge in [0.05, 0.1) is 10.5 Å². The number of nitro groups is 1. The van der Waals surface area contributed by atoms with E-state index in [1.54, 1.807) is 0 Å². The van der Waals surface area contributed by atoms with Crippen molar-refractivity contribution < 1.29 is 19.3 Å². The van der Waals surface area contributed by atoms with Gasteiger partial charge in [-0.1, -0.05) is 6.07 Å². The van der Waals surface area contributed by atoms with Crippen molar-refractivity contribution in [3.8, 4) is 0 Å². The number of rotatable bonds is 5. The molecular weight excluding hydrogens is 290 g/mol. The average Bonchev–Trinajstić information content (AvgIpc) is 3.25.